The summed E-state index contributed by atoms with van der Waals surface area (Å²) in [5.41, 5.74) is 2.58. The molecule has 7 nitrogen and oxygen atoms in total. The van der Waals surface area contributed by atoms with Crippen molar-refractivity contribution in [1.29, 1.82) is 0 Å². The number of aliphatic carboxylic acids is 1. The quantitative estimate of drug-likeness (QED) is 0.421. The van der Waals surface area contributed by atoms with Crippen LogP contribution in [0.2, 0.25) is 0 Å². The summed E-state index contributed by atoms with van der Waals surface area (Å²) in [4.78, 5) is 19.8. The smallest absolute Gasteiger partial charge is 1.00 e. The van der Waals surface area contributed by atoms with E-state index < -0.39 is 24.6 Å². The minimum absolute atomic E-state index is 0. The van der Waals surface area contributed by atoms with Gasteiger partial charge in [0.05, 0.1) is 30.0 Å². The van der Waals surface area contributed by atoms with Gasteiger partial charge in [-0.25, -0.2) is 9.37 Å². The minimum Gasteiger partial charge on any atom is -1.00 e. The summed E-state index contributed by atoms with van der Waals surface area (Å²) in [6.45, 7) is 6.03. The molecule has 3 rings (SSSR count). The first kappa shape index (κ1) is 27.9. The molecule has 0 fully saturated rings. The summed E-state index contributed by atoms with van der Waals surface area (Å²) in [5, 5.41) is 29.0. The molecule has 176 valence electrons. The fraction of sp³-hybridized carbons (Fsp3) is 0.320. The van der Waals surface area contributed by atoms with Crippen LogP contribution in [0.25, 0.3) is 28.7 Å². The minimum atomic E-state index is -1.17. The molecule has 3 N–H and O–H groups in total. The number of carboxylic acids is 1. The number of halogens is 1. The van der Waals surface area contributed by atoms with Crippen molar-refractivity contribution in [3.8, 4) is 22.5 Å². The number of imidazole rings is 1. The molecule has 3 aromatic rings. The van der Waals surface area contributed by atoms with Crippen LogP contribution in [0.1, 0.15) is 40.9 Å². The molecule has 0 bridgehead atoms. The molecule has 0 spiro atoms. The predicted octanol–water partition coefficient (Wildman–Crippen LogP) is 1.22. The molecule has 9 heteroatoms. The van der Waals surface area contributed by atoms with Crippen molar-refractivity contribution in [2.45, 2.75) is 51.2 Å². The zero-order valence-corrected chi connectivity index (χ0v) is 21.8. The second-order valence-corrected chi connectivity index (χ2v) is 8.89. The Morgan fingerprint density at radius 2 is 1.74 bits per heavy atom. The molecule has 0 saturated carbocycles. The average Bonchev–Trinajstić information content (AvgIpc) is 3.13. The van der Waals surface area contributed by atoms with Crippen LogP contribution >= 0.6 is 0 Å². The Hall–Kier alpha value is -2.36. The van der Waals surface area contributed by atoms with Gasteiger partial charge < -0.3 is 21.3 Å². The van der Waals surface area contributed by atoms with E-state index in [0.717, 1.165) is 16.8 Å². The summed E-state index contributed by atoms with van der Waals surface area (Å²) < 4.78 is 15.4. The van der Waals surface area contributed by atoms with E-state index in [2.05, 4.69) is 4.98 Å². The fourth-order valence-corrected chi connectivity index (χ4v) is 3.53. The molecule has 0 saturated heterocycles. The van der Waals surface area contributed by atoms with Gasteiger partial charge in [-0.05, 0) is 42.5 Å². The number of benzene rings is 1. The first-order valence-electron chi connectivity index (χ1n) is 10.6. The second-order valence-electron chi connectivity index (χ2n) is 8.89. The molecular weight excluding hydrogens is 448 g/mol. The van der Waals surface area contributed by atoms with Crippen LogP contribution in [0, 0.1) is 5.82 Å². The van der Waals surface area contributed by atoms with Gasteiger partial charge in [0.2, 0.25) is 0 Å². The van der Waals surface area contributed by atoms with E-state index in [9.17, 15) is 19.4 Å². The molecule has 34 heavy (non-hydrogen) atoms. The first-order valence-corrected chi connectivity index (χ1v) is 10.6. The molecule has 0 radical (unpaired) electrons. The van der Waals surface area contributed by atoms with E-state index in [-0.39, 0.29) is 48.6 Å². The standard InChI is InChI=1S/C25H28FN3O4.Na.H/c1-25(2,3)24-28-22(16-4-6-18(26)7-5-16)23(17-8-11-27-12-9-17)29(24)13-10-19(30)14-20(31)15-21(32)33;;/h4-13,19-20,30-31H,14-15H2,1-3H3,(H,32,33);;/q;+1;-1/b13-10+;;/t19-,20-;;/m0../s1. The molecule has 0 unspecified atom stereocenters. The topological polar surface area (TPSA) is 108 Å². The molecular formula is C25H29FN3NaO4. The Labute approximate surface area is 221 Å². The summed E-state index contributed by atoms with van der Waals surface area (Å²) >= 11 is 0. The van der Waals surface area contributed by atoms with Crippen molar-refractivity contribution in [3.05, 3.63) is 66.5 Å². The molecule has 1 aromatic carbocycles. The van der Waals surface area contributed by atoms with E-state index >= 15 is 0 Å². The van der Waals surface area contributed by atoms with Gasteiger partial charge in [0, 0.05) is 41.6 Å². The first-order chi connectivity index (χ1) is 15.6. The van der Waals surface area contributed by atoms with Gasteiger partial charge in [-0.15, -0.1) is 0 Å². The van der Waals surface area contributed by atoms with Crippen molar-refractivity contribution < 1.29 is 55.5 Å². The summed E-state index contributed by atoms with van der Waals surface area (Å²) in [7, 11) is 0. The number of hydrogen-bond donors (Lipinski definition) is 3. The van der Waals surface area contributed by atoms with Crippen LogP contribution in [-0.2, 0) is 10.2 Å². The van der Waals surface area contributed by atoms with Gasteiger partial charge in [0.25, 0.3) is 0 Å². The van der Waals surface area contributed by atoms with E-state index in [4.69, 9.17) is 10.1 Å². The number of aliphatic hydroxyl groups excluding tert-OH is 2. The van der Waals surface area contributed by atoms with E-state index in [0.29, 0.717) is 11.5 Å². The Kier molecular flexibility index (Phi) is 9.73. The predicted molar refractivity (Wildman–Crippen MR) is 125 cm³/mol. The number of nitrogens with zero attached hydrogens (tertiary/aromatic N) is 3. The maximum Gasteiger partial charge on any atom is 1.00 e. The van der Waals surface area contributed by atoms with Crippen LogP contribution in [0.4, 0.5) is 4.39 Å². The van der Waals surface area contributed by atoms with Gasteiger partial charge >= 0.3 is 35.5 Å². The molecule has 2 atom stereocenters. The monoisotopic (exact) mass is 477 g/mol. The van der Waals surface area contributed by atoms with E-state index in [1.54, 1.807) is 30.7 Å². The van der Waals surface area contributed by atoms with Crippen molar-refractivity contribution in [1.82, 2.24) is 14.5 Å². The van der Waals surface area contributed by atoms with Crippen molar-refractivity contribution in [2.75, 3.05) is 0 Å². The third-order valence-corrected chi connectivity index (χ3v) is 5.03. The number of pyridine rings is 1. The molecule has 0 amide bonds. The van der Waals surface area contributed by atoms with Crippen LogP contribution in [-0.4, -0.2) is 48.0 Å². The molecule has 0 aliphatic carbocycles. The Bertz CT molecular complexity index is 1130. The molecule has 0 aliphatic rings. The Balaban J connectivity index is 0.00000306. The van der Waals surface area contributed by atoms with Gasteiger partial charge in [0.1, 0.15) is 11.6 Å². The number of carbonyl (C=O) groups is 1. The summed E-state index contributed by atoms with van der Waals surface area (Å²) in [5.74, 6) is -0.766. The zero-order chi connectivity index (χ0) is 24.2. The largest absolute Gasteiger partial charge is 1.00 e. The SMILES string of the molecule is CC(C)(C)c1nc(-c2ccc(F)cc2)c(-c2ccncc2)n1/C=C/[C@H](O)C[C@H](O)CC(=O)O.[H-].[Na+]. The summed E-state index contributed by atoms with van der Waals surface area (Å²) in [6.07, 6.45) is 3.72. The third kappa shape index (κ3) is 7.07. The maximum atomic E-state index is 13.6. The van der Waals surface area contributed by atoms with Gasteiger partial charge in [-0.1, -0.05) is 20.8 Å². The van der Waals surface area contributed by atoms with Crippen LogP contribution in [0.3, 0.4) is 0 Å². The second kappa shape index (κ2) is 11.9. The van der Waals surface area contributed by atoms with E-state index in [1.807, 2.05) is 37.5 Å². The van der Waals surface area contributed by atoms with E-state index in [1.165, 1.54) is 18.2 Å². The molecule has 2 aromatic heterocycles. The van der Waals surface area contributed by atoms with Gasteiger partial charge in [-0.3, -0.25) is 9.78 Å². The average molecular weight is 478 g/mol. The van der Waals surface area contributed by atoms with Crippen molar-refractivity contribution >= 4 is 12.2 Å². The maximum absolute atomic E-state index is 13.6. The number of rotatable bonds is 8. The Morgan fingerprint density at radius 3 is 2.29 bits per heavy atom. The third-order valence-electron chi connectivity index (χ3n) is 5.03. The number of hydrogen-bond acceptors (Lipinski definition) is 5. The zero-order valence-electron chi connectivity index (χ0n) is 20.8. The van der Waals surface area contributed by atoms with Gasteiger partial charge in [0.15, 0.2) is 0 Å². The van der Waals surface area contributed by atoms with Crippen molar-refractivity contribution in [3.63, 3.8) is 0 Å². The van der Waals surface area contributed by atoms with Gasteiger partial charge in [-0.2, -0.15) is 0 Å². The fourth-order valence-electron chi connectivity index (χ4n) is 3.53. The van der Waals surface area contributed by atoms with Crippen LogP contribution in [0.5, 0.6) is 0 Å². The van der Waals surface area contributed by atoms with Crippen molar-refractivity contribution in [2.24, 2.45) is 0 Å². The number of aromatic nitrogens is 3. The summed E-state index contributed by atoms with van der Waals surface area (Å²) in [6, 6.07) is 9.78. The number of carboxylic acid groups (broad SMARTS) is 1. The molecule has 2 heterocycles. The van der Waals surface area contributed by atoms with Crippen LogP contribution < -0.4 is 29.6 Å². The Morgan fingerprint density at radius 1 is 1.12 bits per heavy atom. The molecule has 0 aliphatic heterocycles. The normalized spacial score (nSPS) is 13.5. The van der Waals surface area contributed by atoms with Crippen LogP contribution in [0.15, 0.2) is 54.9 Å². The number of aliphatic hydroxyl groups is 2.